The SMILES string of the molecule is CCCC[Se]c1sccc1C#Cc1ccc(C)cc1. The molecule has 0 radical (unpaired) electrons. The first-order chi connectivity index (χ1) is 9.29. The molecule has 0 spiro atoms. The monoisotopic (exact) mass is 334 g/mol. The molecule has 2 heteroatoms. The van der Waals surface area contributed by atoms with Crippen LogP contribution in [0.5, 0.6) is 0 Å². The standard InChI is InChI=1S/C17H18SSe/c1-3-4-13-19-17-16(11-12-18-17)10-9-15-7-5-14(2)6-8-15/h5-8,11-12H,3-4,13H2,1-2H3. The van der Waals surface area contributed by atoms with Crippen LogP contribution in [-0.4, -0.2) is 15.0 Å². The van der Waals surface area contributed by atoms with Gasteiger partial charge in [-0.3, -0.25) is 0 Å². The van der Waals surface area contributed by atoms with Crippen molar-refractivity contribution >= 4 is 30.1 Å². The molecule has 0 amide bonds. The van der Waals surface area contributed by atoms with E-state index in [1.807, 2.05) is 11.3 Å². The van der Waals surface area contributed by atoms with Gasteiger partial charge in [-0.05, 0) is 0 Å². The zero-order valence-electron chi connectivity index (χ0n) is 11.4. The molecule has 0 saturated carbocycles. The summed E-state index contributed by atoms with van der Waals surface area (Å²) >= 11 is 2.46. The number of benzene rings is 1. The van der Waals surface area contributed by atoms with Crippen LogP contribution in [0.15, 0.2) is 35.7 Å². The number of rotatable bonds is 4. The minimum atomic E-state index is 0.599. The number of thiophene rings is 1. The molecule has 1 aromatic heterocycles. The van der Waals surface area contributed by atoms with Crippen LogP contribution in [0.4, 0.5) is 0 Å². The molecule has 0 aliphatic rings. The Labute approximate surface area is 126 Å². The molecule has 0 N–H and O–H groups in total. The fourth-order valence-electron chi connectivity index (χ4n) is 1.59. The Morgan fingerprint density at radius 1 is 1.11 bits per heavy atom. The summed E-state index contributed by atoms with van der Waals surface area (Å²) in [5, 5.41) is 3.51. The number of unbranched alkanes of at least 4 members (excludes halogenated alkanes) is 1. The first-order valence-corrected chi connectivity index (χ1v) is 9.53. The predicted molar refractivity (Wildman–Crippen MR) is 86.6 cm³/mol. The van der Waals surface area contributed by atoms with Gasteiger partial charge in [0.1, 0.15) is 0 Å². The third-order valence-electron chi connectivity index (χ3n) is 2.75. The van der Waals surface area contributed by atoms with Crippen molar-refractivity contribution in [3.05, 3.63) is 52.4 Å². The summed E-state index contributed by atoms with van der Waals surface area (Å²) in [6.07, 6.45) is 2.63. The third-order valence-corrected chi connectivity index (χ3v) is 6.72. The van der Waals surface area contributed by atoms with Crippen molar-refractivity contribution in [2.45, 2.75) is 32.0 Å². The van der Waals surface area contributed by atoms with E-state index in [4.69, 9.17) is 0 Å². The van der Waals surface area contributed by atoms with Gasteiger partial charge in [0.25, 0.3) is 0 Å². The van der Waals surface area contributed by atoms with E-state index in [9.17, 15) is 0 Å². The van der Waals surface area contributed by atoms with Crippen LogP contribution in [0.2, 0.25) is 5.32 Å². The second-order valence-electron chi connectivity index (χ2n) is 4.44. The Bertz CT molecular complexity index is 569. The van der Waals surface area contributed by atoms with Gasteiger partial charge in [0, 0.05) is 0 Å². The van der Waals surface area contributed by atoms with Gasteiger partial charge in [0.2, 0.25) is 0 Å². The fourth-order valence-corrected chi connectivity index (χ4v) is 5.31. The summed E-state index contributed by atoms with van der Waals surface area (Å²) in [5.74, 6) is 6.60. The molecule has 0 aliphatic carbocycles. The molecule has 0 fully saturated rings. The summed E-state index contributed by atoms with van der Waals surface area (Å²) in [4.78, 5) is 0. The van der Waals surface area contributed by atoms with Gasteiger partial charge in [-0.25, -0.2) is 0 Å². The van der Waals surface area contributed by atoms with Crippen molar-refractivity contribution in [3.8, 4) is 11.8 Å². The van der Waals surface area contributed by atoms with Crippen molar-refractivity contribution in [1.82, 2.24) is 0 Å². The number of aryl methyl sites for hydroxylation is 1. The molecule has 98 valence electrons. The van der Waals surface area contributed by atoms with Crippen molar-refractivity contribution < 1.29 is 0 Å². The van der Waals surface area contributed by atoms with Gasteiger partial charge in [-0.1, -0.05) is 0 Å². The van der Waals surface area contributed by atoms with Crippen LogP contribution in [0.3, 0.4) is 0 Å². The second kappa shape index (κ2) is 7.56. The summed E-state index contributed by atoms with van der Waals surface area (Å²) in [7, 11) is 0. The van der Waals surface area contributed by atoms with E-state index < -0.39 is 0 Å². The van der Waals surface area contributed by atoms with Crippen molar-refractivity contribution in [2.75, 3.05) is 0 Å². The van der Waals surface area contributed by atoms with E-state index >= 15 is 0 Å². The number of hydrogen-bond donors (Lipinski definition) is 0. The molecule has 0 aliphatic heterocycles. The molecule has 0 unspecified atom stereocenters. The molecule has 2 aromatic rings. The van der Waals surface area contributed by atoms with Gasteiger partial charge in [0.05, 0.1) is 0 Å². The average Bonchev–Trinajstić information content (AvgIpc) is 2.86. The zero-order valence-corrected chi connectivity index (χ0v) is 13.9. The molecule has 2 rings (SSSR count). The van der Waals surface area contributed by atoms with Crippen LogP contribution in [0.1, 0.15) is 36.5 Å². The van der Waals surface area contributed by atoms with Gasteiger partial charge < -0.3 is 0 Å². The normalized spacial score (nSPS) is 10.0. The first kappa shape index (κ1) is 14.4. The quantitative estimate of drug-likeness (QED) is 0.451. The molecular weight excluding hydrogens is 315 g/mol. The van der Waals surface area contributed by atoms with E-state index in [2.05, 4.69) is 61.4 Å². The van der Waals surface area contributed by atoms with Crippen LogP contribution in [0, 0.1) is 18.8 Å². The summed E-state index contributed by atoms with van der Waals surface area (Å²) in [6, 6.07) is 10.6. The topological polar surface area (TPSA) is 0 Å². The average molecular weight is 333 g/mol. The summed E-state index contributed by atoms with van der Waals surface area (Å²) in [5.41, 5.74) is 3.62. The van der Waals surface area contributed by atoms with Crippen molar-refractivity contribution in [2.24, 2.45) is 0 Å². The molecule has 19 heavy (non-hydrogen) atoms. The van der Waals surface area contributed by atoms with Gasteiger partial charge >= 0.3 is 126 Å². The zero-order chi connectivity index (χ0) is 13.5. The van der Waals surface area contributed by atoms with Crippen molar-refractivity contribution in [1.29, 1.82) is 0 Å². The van der Waals surface area contributed by atoms with Gasteiger partial charge in [0.15, 0.2) is 0 Å². The van der Waals surface area contributed by atoms with E-state index in [1.165, 1.54) is 33.1 Å². The Morgan fingerprint density at radius 2 is 1.89 bits per heavy atom. The Balaban J connectivity index is 2.07. The maximum absolute atomic E-state index is 3.33. The molecule has 0 saturated heterocycles. The minimum absolute atomic E-state index is 0.599. The summed E-state index contributed by atoms with van der Waals surface area (Å²) in [6.45, 7) is 4.35. The fraction of sp³-hybridized carbons (Fsp3) is 0.294. The second-order valence-corrected chi connectivity index (χ2v) is 8.26. The maximum atomic E-state index is 3.33. The third kappa shape index (κ3) is 4.55. The first-order valence-electron chi connectivity index (χ1n) is 6.58. The Morgan fingerprint density at radius 3 is 2.63 bits per heavy atom. The molecule has 1 aromatic carbocycles. The summed E-state index contributed by atoms with van der Waals surface area (Å²) < 4.78 is 1.50. The molecule has 1 heterocycles. The Kier molecular flexibility index (Phi) is 5.73. The van der Waals surface area contributed by atoms with E-state index in [1.54, 1.807) is 0 Å². The van der Waals surface area contributed by atoms with Gasteiger partial charge in [-0.15, -0.1) is 0 Å². The van der Waals surface area contributed by atoms with Crippen LogP contribution in [0.25, 0.3) is 0 Å². The van der Waals surface area contributed by atoms with Crippen LogP contribution in [-0.2, 0) is 0 Å². The van der Waals surface area contributed by atoms with Crippen molar-refractivity contribution in [3.63, 3.8) is 0 Å². The number of hydrogen-bond acceptors (Lipinski definition) is 1. The molecular formula is C17H18SSe. The van der Waals surface area contributed by atoms with E-state index in [0.29, 0.717) is 15.0 Å². The van der Waals surface area contributed by atoms with Crippen LogP contribution < -0.4 is 3.78 Å². The van der Waals surface area contributed by atoms with Gasteiger partial charge in [-0.2, -0.15) is 0 Å². The predicted octanol–water partition coefficient (Wildman–Crippen LogP) is 4.00. The van der Waals surface area contributed by atoms with Crippen LogP contribution >= 0.6 is 11.3 Å². The molecule has 0 bridgehead atoms. The van der Waals surface area contributed by atoms with E-state index in [0.717, 1.165) is 5.56 Å². The molecule has 0 nitrogen and oxygen atoms in total. The van der Waals surface area contributed by atoms with E-state index in [-0.39, 0.29) is 0 Å². The Hall–Kier alpha value is -1.00. The molecule has 0 atom stereocenters.